The van der Waals surface area contributed by atoms with Gasteiger partial charge in [0.2, 0.25) is 11.9 Å². The molecule has 0 bridgehead atoms. The first kappa shape index (κ1) is 26.7. The van der Waals surface area contributed by atoms with Gasteiger partial charge in [0.05, 0.1) is 37.0 Å². The van der Waals surface area contributed by atoms with Gasteiger partial charge in [0, 0.05) is 38.0 Å². The van der Waals surface area contributed by atoms with Gasteiger partial charge in [-0.05, 0) is 67.9 Å². The van der Waals surface area contributed by atoms with E-state index < -0.39 is 5.82 Å². The average Bonchev–Trinajstić information content (AvgIpc) is 3.92. The third-order valence-electron chi connectivity index (χ3n) is 9.16. The van der Waals surface area contributed by atoms with E-state index in [0.717, 1.165) is 80.3 Å². The molecule has 0 radical (unpaired) electrons. The van der Waals surface area contributed by atoms with Crippen molar-refractivity contribution in [3.05, 3.63) is 64.3 Å². The molecule has 7 rings (SSSR count). The molecule has 216 valence electrons. The largest absolute Gasteiger partial charge is 0.493 e. The lowest BCUT2D eigenvalue weighted by atomic mass is 9.90. The highest BCUT2D eigenvalue weighted by Gasteiger charge is 2.43. The summed E-state index contributed by atoms with van der Waals surface area (Å²) in [5, 5.41) is 0.558. The van der Waals surface area contributed by atoms with Crippen molar-refractivity contribution in [2.24, 2.45) is 17.8 Å². The molecule has 1 saturated heterocycles. The molecule has 1 aromatic carbocycles. The summed E-state index contributed by atoms with van der Waals surface area (Å²) >= 11 is 5.91. The van der Waals surface area contributed by atoms with Gasteiger partial charge in [0.15, 0.2) is 5.89 Å². The molecule has 41 heavy (non-hydrogen) atoms. The Morgan fingerprint density at radius 2 is 1.93 bits per heavy atom. The van der Waals surface area contributed by atoms with E-state index in [2.05, 4.69) is 19.9 Å². The lowest BCUT2D eigenvalue weighted by Crippen LogP contribution is -2.36. The van der Waals surface area contributed by atoms with E-state index in [9.17, 15) is 9.18 Å². The minimum absolute atomic E-state index is 0.0293. The topological polar surface area (TPSA) is 84.6 Å². The molecule has 3 fully saturated rings. The summed E-state index contributed by atoms with van der Waals surface area (Å²) in [5.41, 5.74) is 1.25. The number of anilines is 1. The number of rotatable bonds is 9. The molecule has 3 aromatic rings. The molecule has 2 saturated carbocycles. The van der Waals surface area contributed by atoms with E-state index >= 15 is 0 Å². The monoisotopic (exact) mass is 579 g/mol. The molecule has 2 atom stereocenters. The number of aromatic nitrogens is 3. The van der Waals surface area contributed by atoms with Gasteiger partial charge < -0.3 is 19.0 Å². The van der Waals surface area contributed by atoms with E-state index in [0.29, 0.717) is 54.3 Å². The summed E-state index contributed by atoms with van der Waals surface area (Å²) < 4.78 is 26.7. The molecule has 4 heterocycles. The summed E-state index contributed by atoms with van der Waals surface area (Å²) in [6, 6.07) is 4.87. The van der Waals surface area contributed by atoms with Crippen molar-refractivity contribution in [3.63, 3.8) is 0 Å². The first-order chi connectivity index (χ1) is 20.0. The Labute approximate surface area is 244 Å². The number of halogens is 2. The summed E-state index contributed by atoms with van der Waals surface area (Å²) in [6.07, 6.45) is 10.8. The molecule has 0 N–H and O–H groups in total. The molecular weight excluding hydrogens is 545 g/mol. The number of nitrogens with zero attached hydrogens (tertiary/aromatic N) is 5. The third-order valence-corrected chi connectivity index (χ3v) is 9.35. The fourth-order valence-electron chi connectivity index (χ4n) is 6.48. The molecule has 2 aliphatic heterocycles. The number of carbonyl (C=O) groups is 1. The van der Waals surface area contributed by atoms with Gasteiger partial charge in [-0.3, -0.25) is 4.79 Å². The molecule has 1 amide bonds. The Hall–Kier alpha value is -3.20. The van der Waals surface area contributed by atoms with Gasteiger partial charge in [0.25, 0.3) is 0 Å². The van der Waals surface area contributed by atoms with Crippen molar-refractivity contribution in [2.75, 3.05) is 31.1 Å². The van der Waals surface area contributed by atoms with Crippen LogP contribution in [0.25, 0.3) is 0 Å². The summed E-state index contributed by atoms with van der Waals surface area (Å²) in [4.78, 5) is 30.2. The minimum atomic E-state index is -0.397. The molecule has 2 unspecified atom stereocenters. The van der Waals surface area contributed by atoms with Crippen LogP contribution in [0.4, 0.5) is 10.3 Å². The predicted molar refractivity (Wildman–Crippen MR) is 151 cm³/mol. The maximum Gasteiger partial charge on any atom is 0.227 e. The SMILES string of the molecule is O=C(Cc1ccc(OCCC2CC2C2CCN(c3ncc(Cl)cn3)CC2)cc1F)N1CCc2oc(C3CC3)nc2C1. The second kappa shape index (κ2) is 11.2. The van der Waals surface area contributed by atoms with E-state index in [-0.39, 0.29) is 12.3 Å². The average molecular weight is 580 g/mol. The first-order valence-corrected chi connectivity index (χ1v) is 15.3. The van der Waals surface area contributed by atoms with Crippen molar-refractivity contribution in [1.29, 1.82) is 0 Å². The summed E-state index contributed by atoms with van der Waals surface area (Å²) in [6.45, 7) is 3.53. The normalized spacial score (nSPS) is 22.5. The first-order valence-electron chi connectivity index (χ1n) is 14.9. The number of hydrogen-bond acceptors (Lipinski definition) is 7. The van der Waals surface area contributed by atoms with Crippen molar-refractivity contribution in [2.45, 2.75) is 63.8 Å². The molecule has 2 aliphatic carbocycles. The van der Waals surface area contributed by atoms with E-state index in [1.807, 2.05) is 0 Å². The molecule has 10 heteroatoms. The molecule has 2 aromatic heterocycles. The Balaban J connectivity index is 0.840. The second-order valence-electron chi connectivity index (χ2n) is 12.0. The molecule has 8 nitrogen and oxygen atoms in total. The molecule has 4 aliphatic rings. The van der Waals surface area contributed by atoms with Crippen LogP contribution >= 0.6 is 11.6 Å². The van der Waals surface area contributed by atoms with Crippen LogP contribution in [0.2, 0.25) is 5.02 Å². The van der Waals surface area contributed by atoms with Crippen molar-refractivity contribution in [3.8, 4) is 5.75 Å². The zero-order valence-corrected chi connectivity index (χ0v) is 23.9. The number of ether oxygens (including phenoxy) is 1. The number of oxazole rings is 1. The number of piperidine rings is 1. The third kappa shape index (κ3) is 6.05. The Kier molecular flexibility index (Phi) is 7.31. The van der Waals surface area contributed by atoms with Gasteiger partial charge in [-0.1, -0.05) is 17.7 Å². The van der Waals surface area contributed by atoms with Crippen LogP contribution in [0.5, 0.6) is 5.75 Å². The Morgan fingerprint density at radius 3 is 2.68 bits per heavy atom. The maximum absolute atomic E-state index is 14.9. The van der Waals surface area contributed by atoms with Crippen LogP contribution in [-0.2, 0) is 24.2 Å². The highest BCUT2D eigenvalue weighted by molar-refractivity contribution is 6.30. The van der Waals surface area contributed by atoms with Gasteiger partial charge in [-0.15, -0.1) is 0 Å². The van der Waals surface area contributed by atoms with Crippen LogP contribution in [0.1, 0.15) is 67.4 Å². The number of hydrogen-bond donors (Lipinski definition) is 0. The van der Waals surface area contributed by atoms with E-state index in [1.165, 1.54) is 12.5 Å². The fraction of sp³-hybridized carbons (Fsp3) is 0.548. The van der Waals surface area contributed by atoms with E-state index in [4.69, 9.17) is 20.8 Å². The van der Waals surface area contributed by atoms with Crippen LogP contribution in [0, 0.1) is 23.6 Å². The summed E-state index contributed by atoms with van der Waals surface area (Å²) in [5.74, 6) is 5.11. The number of benzene rings is 1. The minimum Gasteiger partial charge on any atom is -0.493 e. The quantitative estimate of drug-likeness (QED) is 0.327. The lowest BCUT2D eigenvalue weighted by Gasteiger charge is -2.32. The van der Waals surface area contributed by atoms with Gasteiger partial charge in [-0.2, -0.15) is 0 Å². The van der Waals surface area contributed by atoms with Crippen LogP contribution in [-0.4, -0.2) is 52.0 Å². The maximum atomic E-state index is 14.9. The van der Waals surface area contributed by atoms with Crippen molar-refractivity contribution < 1.29 is 18.3 Å². The van der Waals surface area contributed by atoms with Crippen molar-refractivity contribution >= 4 is 23.5 Å². The van der Waals surface area contributed by atoms with Crippen LogP contribution in [0.3, 0.4) is 0 Å². The Bertz CT molecular complexity index is 1400. The number of fused-ring (bicyclic) bond motifs is 1. The standard InChI is InChI=1S/C31H35ClFN5O3/c32-23-16-34-31(35-17-23)37-9-5-19(6-10-37)25-13-21(25)8-12-40-24-4-3-22(26(33)15-24)14-29(39)38-11-7-28-27(18-38)36-30(41-28)20-1-2-20/h3-4,15-17,19-21,25H,1-2,5-14,18H2. The summed E-state index contributed by atoms with van der Waals surface area (Å²) in [7, 11) is 0. The number of carbonyl (C=O) groups excluding carboxylic acids is 1. The molecule has 0 spiro atoms. The second-order valence-corrected chi connectivity index (χ2v) is 12.5. The smallest absolute Gasteiger partial charge is 0.227 e. The van der Waals surface area contributed by atoms with Gasteiger partial charge >= 0.3 is 0 Å². The van der Waals surface area contributed by atoms with Crippen LogP contribution < -0.4 is 9.64 Å². The van der Waals surface area contributed by atoms with Crippen LogP contribution in [0.15, 0.2) is 35.0 Å². The highest BCUT2D eigenvalue weighted by Crippen LogP contribution is 2.50. The van der Waals surface area contributed by atoms with Crippen molar-refractivity contribution in [1.82, 2.24) is 19.9 Å². The van der Waals surface area contributed by atoms with Gasteiger partial charge in [-0.25, -0.2) is 19.3 Å². The highest BCUT2D eigenvalue weighted by atomic mass is 35.5. The van der Waals surface area contributed by atoms with E-state index in [1.54, 1.807) is 29.4 Å². The number of amides is 1. The molecular formula is C31H35ClFN5O3. The predicted octanol–water partition coefficient (Wildman–Crippen LogP) is 5.58. The lowest BCUT2D eigenvalue weighted by molar-refractivity contribution is -0.131. The fourth-order valence-corrected chi connectivity index (χ4v) is 6.57. The Morgan fingerprint density at radius 1 is 1.12 bits per heavy atom. The zero-order valence-electron chi connectivity index (χ0n) is 23.1. The van der Waals surface area contributed by atoms with Gasteiger partial charge in [0.1, 0.15) is 23.0 Å². The zero-order chi connectivity index (χ0) is 27.9.